The number of benzene rings is 2. The van der Waals surface area contributed by atoms with Crippen molar-refractivity contribution < 1.29 is 19.2 Å². The van der Waals surface area contributed by atoms with Crippen LogP contribution in [-0.4, -0.2) is 43.2 Å². The molecule has 0 radical (unpaired) electrons. The van der Waals surface area contributed by atoms with Gasteiger partial charge in [0.05, 0.1) is 18.4 Å². The zero-order chi connectivity index (χ0) is 18.8. The summed E-state index contributed by atoms with van der Waals surface area (Å²) >= 11 is 0. The van der Waals surface area contributed by atoms with Crippen LogP contribution in [0.4, 0.5) is 5.69 Å². The van der Waals surface area contributed by atoms with Crippen molar-refractivity contribution in [2.75, 3.05) is 25.1 Å². The van der Waals surface area contributed by atoms with E-state index in [0.29, 0.717) is 25.1 Å². The third-order valence-corrected chi connectivity index (χ3v) is 5.15. The van der Waals surface area contributed by atoms with Crippen LogP contribution in [-0.2, 0) is 16.1 Å². The second-order valence-corrected chi connectivity index (χ2v) is 6.78. The summed E-state index contributed by atoms with van der Waals surface area (Å²) in [6.45, 7) is 1.20. The summed E-state index contributed by atoms with van der Waals surface area (Å²) in [6.07, 6.45) is 2.32. The number of fused-ring (bicyclic) bond motifs is 1. The van der Waals surface area contributed by atoms with Gasteiger partial charge in [-0.15, -0.1) is 5.06 Å². The molecule has 27 heavy (non-hydrogen) atoms. The van der Waals surface area contributed by atoms with E-state index in [9.17, 15) is 9.59 Å². The fourth-order valence-corrected chi connectivity index (χ4v) is 3.72. The molecule has 2 aliphatic heterocycles. The normalized spacial score (nSPS) is 19.0. The van der Waals surface area contributed by atoms with E-state index in [2.05, 4.69) is 0 Å². The third-order valence-electron chi connectivity index (χ3n) is 5.15. The van der Waals surface area contributed by atoms with Crippen molar-refractivity contribution in [2.24, 2.45) is 0 Å². The highest BCUT2D eigenvalue weighted by atomic mass is 16.7. The van der Waals surface area contributed by atoms with Gasteiger partial charge < -0.3 is 14.5 Å². The minimum absolute atomic E-state index is 0.0274. The van der Waals surface area contributed by atoms with Gasteiger partial charge in [0.2, 0.25) is 5.91 Å². The highest BCUT2D eigenvalue weighted by Crippen LogP contribution is 2.33. The Labute approximate surface area is 158 Å². The van der Waals surface area contributed by atoms with Gasteiger partial charge in [0.1, 0.15) is 11.8 Å². The van der Waals surface area contributed by atoms with Crippen LogP contribution < -0.4 is 9.64 Å². The minimum atomic E-state index is -0.449. The van der Waals surface area contributed by atoms with Crippen molar-refractivity contribution in [1.29, 1.82) is 0 Å². The van der Waals surface area contributed by atoms with Crippen molar-refractivity contribution in [3.05, 3.63) is 59.7 Å². The average Bonchev–Trinajstić information content (AvgIpc) is 3.34. The molecular formula is C21H22N2O4. The lowest BCUT2D eigenvalue weighted by atomic mass is 10.1. The quantitative estimate of drug-likeness (QED) is 0.833. The molecule has 0 saturated carbocycles. The van der Waals surface area contributed by atoms with Gasteiger partial charge in [-0.1, -0.05) is 24.3 Å². The molecule has 140 valence electrons. The smallest absolute Gasteiger partial charge is 0.357 e. The van der Waals surface area contributed by atoms with E-state index in [1.165, 1.54) is 5.06 Å². The summed E-state index contributed by atoms with van der Waals surface area (Å²) in [5.41, 5.74) is 2.50. The Morgan fingerprint density at radius 1 is 1.07 bits per heavy atom. The maximum Gasteiger partial charge on any atom is 0.357 e. The molecule has 1 amide bonds. The van der Waals surface area contributed by atoms with Gasteiger partial charge in [-0.05, 0) is 43.0 Å². The number of amides is 1. The highest BCUT2D eigenvalue weighted by molar-refractivity contribution is 5.99. The van der Waals surface area contributed by atoms with Crippen molar-refractivity contribution in [1.82, 2.24) is 5.06 Å². The number of rotatable bonds is 4. The monoisotopic (exact) mass is 366 g/mol. The zero-order valence-electron chi connectivity index (χ0n) is 15.3. The molecule has 0 bridgehead atoms. The van der Waals surface area contributed by atoms with Crippen molar-refractivity contribution >= 4 is 17.6 Å². The molecule has 2 heterocycles. The molecule has 1 saturated heterocycles. The Morgan fingerprint density at radius 3 is 2.67 bits per heavy atom. The summed E-state index contributed by atoms with van der Waals surface area (Å²) in [5.74, 6) is 0.270. The van der Waals surface area contributed by atoms with Crippen molar-refractivity contribution in [3.63, 3.8) is 0 Å². The van der Waals surface area contributed by atoms with E-state index < -0.39 is 12.0 Å². The van der Waals surface area contributed by atoms with Crippen LogP contribution in [0.5, 0.6) is 5.75 Å². The lowest BCUT2D eigenvalue weighted by Crippen LogP contribution is -2.45. The first-order chi connectivity index (χ1) is 13.2. The first kappa shape index (κ1) is 17.5. The van der Waals surface area contributed by atoms with Gasteiger partial charge in [0, 0.05) is 19.2 Å². The number of hydrogen-bond acceptors (Lipinski definition) is 5. The second-order valence-electron chi connectivity index (χ2n) is 6.78. The van der Waals surface area contributed by atoms with Gasteiger partial charge in [0.15, 0.2) is 0 Å². The molecule has 0 N–H and O–H groups in total. The Hall–Kier alpha value is -2.86. The fraction of sp³-hybridized carbons (Fsp3) is 0.333. The number of nitrogens with zero attached hydrogens (tertiary/aromatic N) is 2. The molecule has 0 aromatic heterocycles. The van der Waals surface area contributed by atoms with E-state index in [1.54, 1.807) is 36.3 Å². The fourth-order valence-electron chi connectivity index (χ4n) is 3.72. The molecule has 2 aliphatic rings. The summed E-state index contributed by atoms with van der Waals surface area (Å²) in [5, 5.41) is 1.54. The largest absolute Gasteiger partial charge is 0.497 e. The number of hydroxylamine groups is 2. The third kappa shape index (κ3) is 3.40. The van der Waals surface area contributed by atoms with Gasteiger partial charge in [-0.25, -0.2) is 4.79 Å². The Balaban J connectivity index is 1.50. The van der Waals surface area contributed by atoms with E-state index in [-0.39, 0.29) is 5.91 Å². The number of carbonyl (C=O) groups excluding carboxylic acids is 2. The van der Waals surface area contributed by atoms with E-state index >= 15 is 0 Å². The number of carbonyl (C=O) groups is 2. The SMILES string of the molecule is COc1ccc2c(c1)N(C(=O)[C@H]1CCCN1OC(=O)c1ccccc1)CC2. The number of ether oxygens (including phenoxy) is 1. The number of methoxy groups -OCH3 is 1. The van der Waals surface area contributed by atoms with Gasteiger partial charge in [-0.2, -0.15) is 0 Å². The van der Waals surface area contributed by atoms with Gasteiger partial charge in [0.25, 0.3) is 0 Å². The summed E-state index contributed by atoms with van der Waals surface area (Å²) in [6, 6.07) is 14.2. The Morgan fingerprint density at radius 2 is 1.89 bits per heavy atom. The van der Waals surface area contributed by atoms with E-state index in [1.807, 2.05) is 24.3 Å². The summed E-state index contributed by atoms with van der Waals surface area (Å²) in [7, 11) is 1.62. The molecule has 2 aromatic rings. The molecular weight excluding hydrogens is 344 g/mol. The number of hydrogen-bond donors (Lipinski definition) is 0. The molecule has 6 nitrogen and oxygen atoms in total. The van der Waals surface area contributed by atoms with E-state index in [4.69, 9.17) is 9.57 Å². The maximum atomic E-state index is 13.2. The summed E-state index contributed by atoms with van der Waals surface area (Å²) < 4.78 is 5.30. The predicted molar refractivity (Wildman–Crippen MR) is 101 cm³/mol. The molecule has 0 unspecified atom stereocenters. The Bertz CT molecular complexity index is 853. The van der Waals surface area contributed by atoms with Crippen molar-refractivity contribution in [3.8, 4) is 5.75 Å². The topological polar surface area (TPSA) is 59.1 Å². The average molecular weight is 366 g/mol. The lowest BCUT2D eigenvalue weighted by Gasteiger charge is -2.27. The van der Waals surface area contributed by atoms with Gasteiger partial charge in [-0.3, -0.25) is 4.79 Å². The van der Waals surface area contributed by atoms with Crippen LogP contribution in [0.1, 0.15) is 28.8 Å². The molecule has 1 fully saturated rings. The molecule has 0 spiro atoms. The Kier molecular flexibility index (Phi) is 4.81. The first-order valence-electron chi connectivity index (χ1n) is 9.19. The summed E-state index contributed by atoms with van der Waals surface area (Å²) in [4.78, 5) is 32.9. The maximum absolute atomic E-state index is 13.2. The first-order valence-corrected chi connectivity index (χ1v) is 9.19. The molecule has 0 aliphatic carbocycles. The molecule has 2 aromatic carbocycles. The highest BCUT2D eigenvalue weighted by Gasteiger charge is 2.38. The van der Waals surface area contributed by atoms with Crippen LogP contribution >= 0.6 is 0 Å². The van der Waals surface area contributed by atoms with E-state index in [0.717, 1.165) is 29.8 Å². The van der Waals surface area contributed by atoms with Crippen LogP contribution in [0.15, 0.2) is 48.5 Å². The van der Waals surface area contributed by atoms with Crippen molar-refractivity contribution in [2.45, 2.75) is 25.3 Å². The standard InChI is InChI=1S/C21H22N2O4/c1-26-17-10-9-15-11-13-22(19(15)14-17)20(24)18-8-5-12-23(18)27-21(25)16-6-3-2-4-7-16/h2-4,6-7,9-10,14,18H,5,8,11-13H2,1H3/t18-/m1/s1. The van der Waals surface area contributed by atoms with Crippen LogP contribution in [0.25, 0.3) is 0 Å². The van der Waals surface area contributed by atoms with Crippen LogP contribution in [0, 0.1) is 0 Å². The zero-order valence-corrected chi connectivity index (χ0v) is 15.3. The molecule has 1 atom stereocenters. The van der Waals surface area contributed by atoms with Gasteiger partial charge >= 0.3 is 5.97 Å². The predicted octanol–water partition coefficient (Wildman–Crippen LogP) is 2.82. The molecule has 6 heteroatoms. The molecule has 4 rings (SSSR count). The lowest BCUT2D eigenvalue weighted by molar-refractivity contribution is -0.146. The number of anilines is 1. The van der Waals surface area contributed by atoms with Crippen LogP contribution in [0.2, 0.25) is 0 Å². The second kappa shape index (κ2) is 7.40. The van der Waals surface area contributed by atoms with Crippen LogP contribution in [0.3, 0.4) is 0 Å². The minimum Gasteiger partial charge on any atom is -0.497 e.